The van der Waals surface area contributed by atoms with Crippen molar-refractivity contribution in [3.8, 4) is 6.07 Å². The van der Waals surface area contributed by atoms with Crippen LogP contribution < -0.4 is 11.1 Å². The molecule has 2 atom stereocenters. The summed E-state index contributed by atoms with van der Waals surface area (Å²) in [6, 6.07) is 22.5. The number of rotatable bonds is 9. The van der Waals surface area contributed by atoms with Gasteiger partial charge in [0, 0.05) is 22.7 Å². The molecule has 0 radical (unpaired) electrons. The molecule has 1 amide bonds. The van der Waals surface area contributed by atoms with E-state index in [1.54, 1.807) is 0 Å². The maximum absolute atomic E-state index is 13.4. The summed E-state index contributed by atoms with van der Waals surface area (Å²) in [4.78, 5) is 29.1. The predicted octanol–water partition coefficient (Wildman–Crippen LogP) is 9.13. The highest BCUT2D eigenvalue weighted by molar-refractivity contribution is 14.0. The maximum atomic E-state index is 13.4. The van der Waals surface area contributed by atoms with Crippen LogP contribution in [0.15, 0.2) is 60.7 Å². The van der Waals surface area contributed by atoms with Crippen LogP contribution in [0.2, 0.25) is 0 Å². The number of hydrogen-bond acceptors (Lipinski definition) is 7. The van der Waals surface area contributed by atoms with Crippen molar-refractivity contribution in [1.29, 1.82) is 5.26 Å². The number of benzene rings is 3. The first kappa shape index (κ1) is 53.0. The van der Waals surface area contributed by atoms with Crippen molar-refractivity contribution in [2.24, 2.45) is 5.73 Å². The van der Waals surface area contributed by atoms with Gasteiger partial charge in [-0.15, -0.1) is 24.0 Å². The van der Waals surface area contributed by atoms with Crippen LogP contribution in [0.25, 0.3) is 0 Å². The standard InChI is InChI=1S/C24H34N2O.C12H20N2.C6H12N2.C3H6O.HI/c1-15-16(2)18(4)21(19(5)17(15)3)23(27)25-22(24(6,7)26(8)9)20-13-11-10-12-14-20;1-12(2,14(3)4)11(13)10-8-6-5-7-9-10;1-6(2,5-7)8(3)4;1-3(2)4;/h10-14,22H,1-9H3,(H,25,27);5-9,11H,13H2,1-4H3;1-4H3;1-2H3;1H. The molecule has 0 aliphatic carbocycles. The normalized spacial score (nSPS) is 12.4. The van der Waals surface area contributed by atoms with Gasteiger partial charge in [-0.1, -0.05) is 60.7 Å². The third-order valence-electron chi connectivity index (χ3n) is 11.0. The van der Waals surface area contributed by atoms with Gasteiger partial charge in [0.15, 0.2) is 0 Å². The maximum Gasteiger partial charge on any atom is 0.252 e. The number of likely N-dealkylation sites (N-methyl/N-ethyl adjacent to an activating group) is 2. The van der Waals surface area contributed by atoms with Gasteiger partial charge in [0.1, 0.15) is 11.3 Å². The average Bonchev–Trinajstić information content (AvgIpc) is 3.09. The lowest BCUT2D eigenvalue weighted by atomic mass is 9.85. The summed E-state index contributed by atoms with van der Waals surface area (Å²) in [5.74, 6) is 0.167. The number of Topliss-reactive ketones (excluding diaryl/α,β-unsaturated/α-hetero) is 1. The molecule has 0 aliphatic heterocycles. The molecule has 9 heteroatoms. The van der Waals surface area contributed by atoms with Gasteiger partial charge in [0.25, 0.3) is 5.91 Å². The summed E-state index contributed by atoms with van der Waals surface area (Å²) in [6.07, 6.45) is 0. The van der Waals surface area contributed by atoms with Crippen LogP contribution in [-0.4, -0.2) is 85.3 Å². The SMILES string of the molecule is CC(C)=O.CN(C)C(C)(C)C#N.CN(C)C(C)(C)C(N)c1ccccc1.Cc1c(C)c(C)c(C(=O)NC(c2ccccc2)C(C)(C)N(C)C)c(C)c1C.I. The number of halogens is 1. The molecule has 0 bridgehead atoms. The summed E-state index contributed by atoms with van der Waals surface area (Å²) in [7, 11) is 12.0. The summed E-state index contributed by atoms with van der Waals surface area (Å²) in [5.41, 5.74) is 14.6. The predicted molar refractivity (Wildman–Crippen MR) is 241 cm³/mol. The molecule has 54 heavy (non-hydrogen) atoms. The molecular weight excluding hydrogens is 783 g/mol. The van der Waals surface area contributed by atoms with Crippen molar-refractivity contribution in [2.45, 2.75) is 119 Å². The Morgan fingerprint density at radius 1 is 0.630 bits per heavy atom. The Bertz CT molecular complexity index is 1610. The van der Waals surface area contributed by atoms with E-state index in [4.69, 9.17) is 11.0 Å². The molecule has 0 aliphatic rings. The van der Waals surface area contributed by atoms with E-state index in [1.807, 2.05) is 69.2 Å². The van der Waals surface area contributed by atoms with Crippen LogP contribution in [0.5, 0.6) is 0 Å². The molecule has 0 spiro atoms. The fraction of sp³-hybridized carbons (Fsp3) is 0.533. The van der Waals surface area contributed by atoms with Crippen molar-refractivity contribution in [1.82, 2.24) is 20.0 Å². The summed E-state index contributed by atoms with van der Waals surface area (Å²) >= 11 is 0. The zero-order valence-corrected chi connectivity index (χ0v) is 39.3. The van der Waals surface area contributed by atoms with E-state index in [0.29, 0.717) is 0 Å². The van der Waals surface area contributed by atoms with Crippen molar-refractivity contribution in [3.05, 3.63) is 105 Å². The molecule has 0 saturated heterocycles. The summed E-state index contributed by atoms with van der Waals surface area (Å²) in [5, 5.41) is 11.8. The molecule has 8 nitrogen and oxygen atoms in total. The number of hydrogen-bond donors (Lipinski definition) is 2. The number of carbonyl (C=O) groups excluding carboxylic acids is 2. The van der Waals surface area contributed by atoms with Gasteiger partial charge in [0.2, 0.25) is 0 Å². The molecule has 3 aromatic rings. The van der Waals surface area contributed by atoms with Crippen LogP contribution in [0.4, 0.5) is 0 Å². The molecule has 3 rings (SSSR count). The van der Waals surface area contributed by atoms with Crippen LogP contribution >= 0.6 is 24.0 Å². The van der Waals surface area contributed by atoms with E-state index in [2.05, 4.69) is 136 Å². The third-order valence-corrected chi connectivity index (χ3v) is 11.0. The fourth-order valence-electron chi connectivity index (χ4n) is 5.06. The highest BCUT2D eigenvalue weighted by atomic mass is 127. The Balaban J connectivity index is 0. The summed E-state index contributed by atoms with van der Waals surface area (Å²) in [6.45, 7) is 25.9. The lowest BCUT2D eigenvalue weighted by Gasteiger charge is -2.41. The van der Waals surface area contributed by atoms with Crippen molar-refractivity contribution < 1.29 is 9.59 Å². The van der Waals surface area contributed by atoms with E-state index in [9.17, 15) is 9.59 Å². The van der Waals surface area contributed by atoms with Gasteiger partial charge in [-0.3, -0.25) is 9.69 Å². The van der Waals surface area contributed by atoms with Crippen LogP contribution in [-0.2, 0) is 4.79 Å². The Hall–Kier alpha value is -3.14. The first-order valence-electron chi connectivity index (χ1n) is 18.3. The molecule has 0 fully saturated rings. The molecular formula is C45H73IN6O2. The third kappa shape index (κ3) is 15.2. The fourth-order valence-corrected chi connectivity index (χ4v) is 5.06. The minimum Gasteiger partial charge on any atom is -0.343 e. The quantitative estimate of drug-likeness (QED) is 0.207. The number of ketones is 1. The second-order valence-corrected chi connectivity index (χ2v) is 16.3. The Kier molecular flexibility index (Phi) is 22.6. The number of nitrogens with two attached hydrogens (primary N) is 1. The van der Waals surface area contributed by atoms with Gasteiger partial charge < -0.3 is 25.6 Å². The minimum absolute atomic E-state index is 0. The van der Waals surface area contributed by atoms with E-state index in [1.165, 1.54) is 36.1 Å². The average molecular weight is 857 g/mol. The van der Waals surface area contributed by atoms with Gasteiger partial charge in [-0.25, -0.2) is 0 Å². The first-order chi connectivity index (χ1) is 24.2. The van der Waals surface area contributed by atoms with Gasteiger partial charge >= 0.3 is 0 Å². The highest BCUT2D eigenvalue weighted by Crippen LogP contribution is 2.32. The lowest BCUT2D eigenvalue weighted by molar-refractivity contribution is -0.115. The van der Waals surface area contributed by atoms with Crippen molar-refractivity contribution in [3.63, 3.8) is 0 Å². The molecule has 0 heterocycles. The lowest BCUT2D eigenvalue weighted by Crippen LogP contribution is -2.51. The van der Waals surface area contributed by atoms with Crippen LogP contribution in [0.3, 0.4) is 0 Å². The van der Waals surface area contributed by atoms with Crippen molar-refractivity contribution in [2.75, 3.05) is 42.3 Å². The van der Waals surface area contributed by atoms with Crippen LogP contribution in [0.1, 0.15) is 117 Å². The topological polar surface area (TPSA) is 106 Å². The smallest absolute Gasteiger partial charge is 0.252 e. The molecule has 0 aromatic heterocycles. The van der Waals surface area contributed by atoms with Crippen molar-refractivity contribution >= 4 is 35.7 Å². The number of amides is 1. The van der Waals surface area contributed by atoms with Crippen LogP contribution in [0, 0.1) is 45.9 Å². The zero-order valence-electron chi connectivity index (χ0n) is 37.0. The van der Waals surface area contributed by atoms with Gasteiger partial charge in [-0.05, 0) is 171 Å². The highest BCUT2D eigenvalue weighted by Gasteiger charge is 2.35. The Morgan fingerprint density at radius 3 is 1.26 bits per heavy atom. The molecule has 302 valence electrons. The monoisotopic (exact) mass is 856 g/mol. The number of nitrogens with one attached hydrogen (secondary N) is 1. The molecule has 2 unspecified atom stereocenters. The second kappa shape index (κ2) is 23.1. The minimum atomic E-state index is -0.319. The number of nitriles is 1. The van der Waals surface area contributed by atoms with E-state index >= 15 is 0 Å². The second-order valence-electron chi connectivity index (χ2n) is 16.3. The molecule has 0 saturated carbocycles. The van der Waals surface area contributed by atoms with E-state index < -0.39 is 0 Å². The summed E-state index contributed by atoms with van der Waals surface area (Å²) < 4.78 is 0. The van der Waals surface area contributed by atoms with E-state index in [0.717, 1.165) is 22.3 Å². The zero-order chi connectivity index (χ0) is 41.6. The Labute approximate surface area is 346 Å². The van der Waals surface area contributed by atoms with Gasteiger partial charge in [0.05, 0.1) is 12.1 Å². The van der Waals surface area contributed by atoms with E-state index in [-0.39, 0.29) is 64.4 Å². The first-order valence-corrected chi connectivity index (χ1v) is 18.3. The number of carbonyl (C=O) groups is 2. The Morgan fingerprint density at radius 2 is 0.963 bits per heavy atom. The molecule has 3 aromatic carbocycles. The van der Waals surface area contributed by atoms with Gasteiger partial charge in [-0.2, -0.15) is 5.26 Å². The largest absolute Gasteiger partial charge is 0.343 e. The molecule has 3 N–H and O–H groups in total. The number of nitrogens with zero attached hydrogens (tertiary/aromatic N) is 4.